The van der Waals surface area contributed by atoms with Crippen molar-refractivity contribution in [2.45, 2.75) is 31.1 Å². The highest BCUT2D eigenvalue weighted by Crippen LogP contribution is 2.28. The summed E-state index contributed by atoms with van der Waals surface area (Å²) in [5, 5.41) is 3.39. The van der Waals surface area contributed by atoms with Gasteiger partial charge in [0.1, 0.15) is 12.2 Å². The number of morpholine rings is 1. The van der Waals surface area contributed by atoms with E-state index in [0.717, 1.165) is 19.4 Å². The quantitative estimate of drug-likeness (QED) is 0.838. The van der Waals surface area contributed by atoms with Crippen LogP contribution in [0.4, 0.5) is 4.39 Å². The van der Waals surface area contributed by atoms with Crippen molar-refractivity contribution in [3.8, 4) is 5.88 Å². The molecule has 1 saturated carbocycles. The summed E-state index contributed by atoms with van der Waals surface area (Å²) in [6.07, 6.45) is 3.33. The lowest BCUT2D eigenvalue weighted by Crippen LogP contribution is -2.49. The maximum absolute atomic E-state index is 13.4. The number of nitrogens with one attached hydrogen (secondary N) is 1. The van der Waals surface area contributed by atoms with Crippen molar-refractivity contribution in [3.63, 3.8) is 0 Å². The van der Waals surface area contributed by atoms with E-state index >= 15 is 0 Å². The van der Waals surface area contributed by atoms with Crippen molar-refractivity contribution in [2.24, 2.45) is 0 Å². The van der Waals surface area contributed by atoms with Crippen LogP contribution in [-0.4, -0.2) is 36.4 Å². The van der Waals surface area contributed by atoms with Crippen LogP contribution < -0.4 is 10.1 Å². The van der Waals surface area contributed by atoms with E-state index in [0.29, 0.717) is 12.6 Å². The van der Waals surface area contributed by atoms with Crippen LogP contribution in [0.1, 0.15) is 12.8 Å². The SMILES string of the molecule is Fc1cccnc1O[C@H]1CC[C@@H]2NCCO[C@H]21. The fourth-order valence-corrected chi connectivity index (χ4v) is 2.54. The van der Waals surface area contributed by atoms with Crippen molar-refractivity contribution in [2.75, 3.05) is 13.2 Å². The molecule has 3 atom stereocenters. The first-order valence-corrected chi connectivity index (χ1v) is 5.97. The number of fused-ring (bicyclic) bond motifs is 1. The van der Waals surface area contributed by atoms with Gasteiger partial charge in [-0.25, -0.2) is 9.37 Å². The first-order chi connectivity index (χ1) is 8.34. The minimum Gasteiger partial charge on any atom is -0.469 e. The van der Waals surface area contributed by atoms with Gasteiger partial charge >= 0.3 is 0 Å². The molecule has 0 spiro atoms. The predicted octanol–water partition coefficient (Wildman–Crippen LogP) is 1.12. The summed E-state index contributed by atoms with van der Waals surface area (Å²) in [4.78, 5) is 3.91. The van der Waals surface area contributed by atoms with E-state index in [1.165, 1.54) is 12.3 Å². The Morgan fingerprint density at radius 3 is 3.29 bits per heavy atom. The standard InChI is InChI=1S/C12H15FN2O2/c13-8-2-1-5-15-12(8)17-10-4-3-9-11(10)16-7-6-14-9/h1-2,5,9-11,14H,3-4,6-7H2/t9-,10-,11+/m0/s1. The Bertz CT molecular complexity index is 402. The van der Waals surface area contributed by atoms with Crippen LogP contribution >= 0.6 is 0 Å². The van der Waals surface area contributed by atoms with E-state index in [9.17, 15) is 4.39 Å². The van der Waals surface area contributed by atoms with E-state index < -0.39 is 5.82 Å². The van der Waals surface area contributed by atoms with Gasteiger partial charge in [0.05, 0.1) is 6.61 Å². The molecule has 2 fully saturated rings. The van der Waals surface area contributed by atoms with E-state index in [2.05, 4.69) is 10.3 Å². The Balaban J connectivity index is 1.71. The molecule has 1 N–H and O–H groups in total. The van der Waals surface area contributed by atoms with Gasteiger partial charge in [0.2, 0.25) is 0 Å². The van der Waals surface area contributed by atoms with Crippen molar-refractivity contribution >= 4 is 0 Å². The van der Waals surface area contributed by atoms with Crippen molar-refractivity contribution in [1.29, 1.82) is 0 Å². The number of rotatable bonds is 2. The van der Waals surface area contributed by atoms with E-state index in [4.69, 9.17) is 9.47 Å². The zero-order valence-electron chi connectivity index (χ0n) is 9.43. The average molecular weight is 238 g/mol. The molecule has 0 aromatic carbocycles. The molecule has 5 heteroatoms. The maximum atomic E-state index is 13.4. The Hall–Kier alpha value is -1.20. The maximum Gasteiger partial charge on any atom is 0.250 e. The summed E-state index contributed by atoms with van der Waals surface area (Å²) in [6.45, 7) is 1.57. The molecule has 3 rings (SSSR count). The summed E-state index contributed by atoms with van der Waals surface area (Å²) in [7, 11) is 0. The second-order valence-corrected chi connectivity index (χ2v) is 4.42. The van der Waals surface area contributed by atoms with Gasteiger partial charge in [-0.05, 0) is 25.0 Å². The molecule has 4 nitrogen and oxygen atoms in total. The number of pyridine rings is 1. The molecule has 1 aliphatic heterocycles. The predicted molar refractivity (Wildman–Crippen MR) is 59.4 cm³/mol. The number of hydrogen-bond donors (Lipinski definition) is 1. The number of ether oxygens (including phenoxy) is 2. The summed E-state index contributed by atoms with van der Waals surface area (Å²) in [5.41, 5.74) is 0. The number of nitrogens with zero attached hydrogens (tertiary/aromatic N) is 1. The number of halogens is 1. The first kappa shape index (κ1) is 10.9. The Labute approximate surface area is 99.1 Å². The molecular weight excluding hydrogens is 223 g/mol. The van der Waals surface area contributed by atoms with Crippen molar-refractivity contribution < 1.29 is 13.9 Å². The van der Waals surface area contributed by atoms with Crippen LogP contribution in [-0.2, 0) is 4.74 Å². The third-order valence-corrected chi connectivity index (χ3v) is 3.33. The van der Waals surface area contributed by atoms with Crippen LogP contribution in [0, 0.1) is 5.82 Å². The summed E-state index contributed by atoms with van der Waals surface area (Å²) in [6, 6.07) is 3.24. The highest BCUT2D eigenvalue weighted by Gasteiger charge is 2.40. The number of hydrogen-bond acceptors (Lipinski definition) is 4. The topological polar surface area (TPSA) is 43.4 Å². The number of aromatic nitrogens is 1. The summed E-state index contributed by atoms with van der Waals surface area (Å²) < 4.78 is 24.7. The molecule has 1 saturated heterocycles. The van der Waals surface area contributed by atoms with Gasteiger partial charge in [-0.2, -0.15) is 0 Å². The van der Waals surface area contributed by atoms with E-state index in [-0.39, 0.29) is 18.1 Å². The third kappa shape index (κ3) is 2.12. The van der Waals surface area contributed by atoms with Gasteiger partial charge in [-0.3, -0.25) is 0 Å². The normalized spacial score (nSPS) is 32.2. The van der Waals surface area contributed by atoms with Crippen molar-refractivity contribution in [1.82, 2.24) is 10.3 Å². The van der Waals surface area contributed by atoms with Crippen LogP contribution in [0.3, 0.4) is 0 Å². The Morgan fingerprint density at radius 2 is 2.41 bits per heavy atom. The van der Waals surface area contributed by atoms with E-state index in [1.807, 2.05) is 0 Å². The molecule has 0 unspecified atom stereocenters. The molecule has 0 bridgehead atoms. The molecule has 92 valence electrons. The van der Waals surface area contributed by atoms with E-state index in [1.54, 1.807) is 6.07 Å². The third-order valence-electron chi connectivity index (χ3n) is 3.33. The van der Waals surface area contributed by atoms with Crippen molar-refractivity contribution in [3.05, 3.63) is 24.1 Å². The molecule has 2 aliphatic rings. The minimum absolute atomic E-state index is 0.0187. The molecular formula is C12H15FN2O2. The molecule has 1 aromatic heterocycles. The molecule has 1 aliphatic carbocycles. The monoisotopic (exact) mass is 238 g/mol. The average Bonchev–Trinajstić information content (AvgIpc) is 2.76. The van der Waals surface area contributed by atoms with Gasteiger partial charge in [0, 0.05) is 18.8 Å². The van der Waals surface area contributed by atoms with Gasteiger partial charge < -0.3 is 14.8 Å². The van der Waals surface area contributed by atoms with Crippen LogP contribution in [0.5, 0.6) is 5.88 Å². The largest absolute Gasteiger partial charge is 0.469 e. The molecule has 0 amide bonds. The van der Waals surface area contributed by atoms with Gasteiger partial charge in [0.15, 0.2) is 5.82 Å². The highest BCUT2D eigenvalue weighted by molar-refractivity contribution is 5.14. The zero-order valence-corrected chi connectivity index (χ0v) is 9.43. The second kappa shape index (κ2) is 4.58. The molecule has 1 aromatic rings. The van der Waals surface area contributed by atoms with Gasteiger partial charge in [-0.15, -0.1) is 0 Å². The Morgan fingerprint density at radius 1 is 1.47 bits per heavy atom. The summed E-state index contributed by atoms with van der Waals surface area (Å²) >= 11 is 0. The lowest BCUT2D eigenvalue weighted by Gasteiger charge is -2.30. The lowest BCUT2D eigenvalue weighted by molar-refractivity contribution is -0.0427. The summed E-state index contributed by atoms with van der Waals surface area (Å²) in [5.74, 6) is -0.341. The first-order valence-electron chi connectivity index (χ1n) is 5.97. The smallest absolute Gasteiger partial charge is 0.250 e. The molecule has 2 heterocycles. The Kier molecular flexibility index (Phi) is 2.94. The van der Waals surface area contributed by atoms with Gasteiger partial charge in [0.25, 0.3) is 5.88 Å². The lowest BCUT2D eigenvalue weighted by atomic mass is 10.2. The van der Waals surface area contributed by atoms with Crippen LogP contribution in [0.15, 0.2) is 18.3 Å². The van der Waals surface area contributed by atoms with Crippen LogP contribution in [0.2, 0.25) is 0 Å². The molecule has 17 heavy (non-hydrogen) atoms. The highest BCUT2D eigenvalue weighted by atomic mass is 19.1. The second-order valence-electron chi connectivity index (χ2n) is 4.42. The fourth-order valence-electron chi connectivity index (χ4n) is 2.54. The minimum atomic E-state index is -0.417. The van der Waals surface area contributed by atoms with Crippen LogP contribution in [0.25, 0.3) is 0 Å². The fraction of sp³-hybridized carbons (Fsp3) is 0.583. The van der Waals surface area contributed by atoms with Gasteiger partial charge in [-0.1, -0.05) is 0 Å². The molecule has 0 radical (unpaired) electrons. The zero-order chi connectivity index (χ0) is 11.7.